The molecule has 3 unspecified atom stereocenters. The van der Waals surface area contributed by atoms with Crippen LogP contribution in [0.2, 0.25) is 0 Å². The predicted molar refractivity (Wildman–Crippen MR) is 78.6 cm³/mol. The smallest absolute Gasteiger partial charge is 0.249 e. The van der Waals surface area contributed by atoms with Gasteiger partial charge in [0.25, 0.3) is 0 Å². The van der Waals surface area contributed by atoms with Crippen molar-refractivity contribution >= 4 is 11.8 Å². The zero-order valence-electron chi connectivity index (χ0n) is 13.2. The van der Waals surface area contributed by atoms with E-state index in [1.54, 1.807) is 7.11 Å². The van der Waals surface area contributed by atoms with Crippen molar-refractivity contribution in [3.63, 3.8) is 0 Å². The molecule has 3 atom stereocenters. The summed E-state index contributed by atoms with van der Waals surface area (Å²) in [5, 5.41) is 3.06. The molecule has 1 N–H and O–H groups in total. The van der Waals surface area contributed by atoms with Crippen molar-refractivity contribution in [2.45, 2.75) is 63.6 Å². The Hall–Kier alpha value is -1.10. The highest BCUT2D eigenvalue weighted by molar-refractivity contribution is 6.00. The van der Waals surface area contributed by atoms with Crippen LogP contribution in [-0.2, 0) is 14.3 Å². The third kappa shape index (κ3) is 2.56. The SMILES string of the molecule is COCCC(C)N1C(=O)C(C)(C2CC2)NC(=O)C1C1CC1. The van der Waals surface area contributed by atoms with Gasteiger partial charge in [-0.15, -0.1) is 0 Å². The quantitative estimate of drug-likeness (QED) is 0.804. The number of carbonyl (C=O) groups excluding carboxylic acids is 2. The molecule has 2 aliphatic carbocycles. The van der Waals surface area contributed by atoms with E-state index in [0.717, 1.165) is 32.1 Å². The second kappa shape index (κ2) is 5.27. The molecule has 0 aromatic carbocycles. The van der Waals surface area contributed by atoms with Crippen LogP contribution in [-0.4, -0.2) is 48.1 Å². The van der Waals surface area contributed by atoms with Gasteiger partial charge in [-0.05, 0) is 57.8 Å². The maximum Gasteiger partial charge on any atom is 0.249 e. The number of amides is 2. The monoisotopic (exact) mass is 294 g/mol. The zero-order chi connectivity index (χ0) is 15.2. The van der Waals surface area contributed by atoms with Crippen molar-refractivity contribution in [1.82, 2.24) is 10.2 Å². The van der Waals surface area contributed by atoms with Crippen molar-refractivity contribution in [3.8, 4) is 0 Å². The van der Waals surface area contributed by atoms with Crippen LogP contribution in [0.5, 0.6) is 0 Å². The molecular weight excluding hydrogens is 268 g/mol. The Kier molecular flexibility index (Phi) is 3.72. The van der Waals surface area contributed by atoms with Crippen molar-refractivity contribution in [2.75, 3.05) is 13.7 Å². The Labute approximate surface area is 126 Å². The molecule has 2 amide bonds. The normalized spacial score (nSPS) is 34.8. The number of ether oxygens (including phenoxy) is 1. The lowest BCUT2D eigenvalue weighted by Gasteiger charge is -2.47. The van der Waals surface area contributed by atoms with E-state index >= 15 is 0 Å². The largest absolute Gasteiger partial charge is 0.385 e. The average molecular weight is 294 g/mol. The number of hydrogen-bond acceptors (Lipinski definition) is 3. The molecule has 3 rings (SSSR count). The summed E-state index contributed by atoms with van der Waals surface area (Å²) in [6.07, 6.45) is 4.96. The maximum absolute atomic E-state index is 13.1. The highest BCUT2D eigenvalue weighted by Crippen LogP contribution is 2.45. The van der Waals surface area contributed by atoms with Gasteiger partial charge in [-0.3, -0.25) is 9.59 Å². The van der Waals surface area contributed by atoms with Gasteiger partial charge in [-0.25, -0.2) is 0 Å². The molecule has 0 aromatic heterocycles. The molecule has 1 aliphatic heterocycles. The van der Waals surface area contributed by atoms with Crippen molar-refractivity contribution in [2.24, 2.45) is 11.8 Å². The number of carbonyl (C=O) groups is 2. The predicted octanol–water partition coefficient (Wildman–Crippen LogP) is 1.32. The number of rotatable bonds is 6. The van der Waals surface area contributed by atoms with Crippen LogP contribution in [0.3, 0.4) is 0 Å². The van der Waals surface area contributed by atoms with Crippen LogP contribution < -0.4 is 5.32 Å². The molecule has 2 saturated carbocycles. The summed E-state index contributed by atoms with van der Waals surface area (Å²) in [4.78, 5) is 27.6. The van der Waals surface area contributed by atoms with Gasteiger partial charge in [0.15, 0.2) is 0 Å². The summed E-state index contributed by atoms with van der Waals surface area (Å²) in [6.45, 7) is 4.56. The van der Waals surface area contributed by atoms with Gasteiger partial charge >= 0.3 is 0 Å². The molecule has 3 aliphatic rings. The van der Waals surface area contributed by atoms with Gasteiger partial charge < -0.3 is 15.0 Å². The van der Waals surface area contributed by atoms with E-state index in [-0.39, 0.29) is 23.9 Å². The first-order valence-electron chi connectivity index (χ1n) is 8.12. The van der Waals surface area contributed by atoms with Gasteiger partial charge in [0.05, 0.1) is 0 Å². The summed E-state index contributed by atoms with van der Waals surface area (Å²) in [7, 11) is 1.67. The third-order valence-corrected chi connectivity index (χ3v) is 5.31. The van der Waals surface area contributed by atoms with Crippen LogP contribution in [0, 0.1) is 11.8 Å². The first kappa shape index (κ1) is 14.8. The minimum atomic E-state index is -0.691. The maximum atomic E-state index is 13.1. The number of methoxy groups -OCH3 is 1. The number of nitrogens with one attached hydrogen (secondary N) is 1. The number of nitrogens with zero attached hydrogens (tertiary/aromatic N) is 1. The molecule has 21 heavy (non-hydrogen) atoms. The molecule has 0 aromatic rings. The van der Waals surface area contributed by atoms with Gasteiger partial charge in [-0.1, -0.05) is 0 Å². The molecule has 5 nitrogen and oxygen atoms in total. The van der Waals surface area contributed by atoms with Crippen LogP contribution in [0.15, 0.2) is 0 Å². The molecule has 3 fully saturated rings. The Morgan fingerprint density at radius 3 is 2.52 bits per heavy atom. The van der Waals surface area contributed by atoms with E-state index in [0.29, 0.717) is 18.4 Å². The van der Waals surface area contributed by atoms with Crippen molar-refractivity contribution in [1.29, 1.82) is 0 Å². The fraction of sp³-hybridized carbons (Fsp3) is 0.875. The number of piperazine rings is 1. The Balaban J connectivity index is 1.85. The zero-order valence-corrected chi connectivity index (χ0v) is 13.2. The summed E-state index contributed by atoms with van der Waals surface area (Å²) in [6, 6.07) is -0.219. The van der Waals surface area contributed by atoms with E-state index in [9.17, 15) is 9.59 Å². The fourth-order valence-corrected chi connectivity index (χ4v) is 3.60. The lowest BCUT2D eigenvalue weighted by atomic mass is 9.87. The second-order valence-corrected chi connectivity index (χ2v) is 7.09. The standard InChI is InChI=1S/C16H26N2O3/c1-10(8-9-21-3)18-13(11-4-5-11)14(19)17-16(2,15(18)20)12-6-7-12/h10-13H,4-9H2,1-3H3,(H,17,19). The van der Waals surface area contributed by atoms with E-state index in [4.69, 9.17) is 4.74 Å². The van der Waals surface area contributed by atoms with Crippen molar-refractivity contribution < 1.29 is 14.3 Å². The average Bonchev–Trinajstić information content (AvgIpc) is 3.28. The Morgan fingerprint density at radius 2 is 2.00 bits per heavy atom. The van der Waals surface area contributed by atoms with Crippen LogP contribution >= 0.6 is 0 Å². The molecule has 0 radical (unpaired) electrons. The topological polar surface area (TPSA) is 58.6 Å². The molecule has 1 saturated heterocycles. The van der Waals surface area contributed by atoms with E-state index in [1.165, 1.54) is 0 Å². The Morgan fingerprint density at radius 1 is 1.33 bits per heavy atom. The molecule has 0 spiro atoms. The second-order valence-electron chi connectivity index (χ2n) is 7.09. The molecule has 5 heteroatoms. The summed E-state index contributed by atoms with van der Waals surface area (Å²) >= 11 is 0. The van der Waals surface area contributed by atoms with E-state index < -0.39 is 5.54 Å². The molecule has 1 heterocycles. The minimum absolute atomic E-state index is 0.0483. The molecular formula is C16H26N2O3. The fourth-order valence-electron chi connectivity index (χ4n) is 3.60. The highest BCUT2D eigenvalue weighted by atomic mass is 16.5. The lowest BCUT2D eigenvalue weighted by Crippen LogP contribution is -2.72. The first-order chi connectivity index (χ1) is 9.99. The van der Waals surface area contributed by atoms with E-state index in [2.05, 4.69) is 5.32 Å². The molecule has 0 bridgehead atoms. The van der Waals surface area contributed by atoms with Crippen LogP contribution in [0.1, 0.15) is 46.0 Å². The first-order valence-corrected chi connectivity index (χ1v) is 8.12. The minimum Gasteiger partial charge on any atom is -0.385 e. The van der Waals surface area contributed by atoms with Crippen LogP contribution in [0.4, 0.5) is 0 Å². The van der Waals surface area contributed by atoms with Gasteiger partial charge in [-0.2, -0.15) is 0 Å². The van der Waals surface area contributed by atoms with E-state index in [1.807, 2.05) is 18.7 Å². The third-order valence-electron chi connectivity index (χ3n) is 5.31. The summed E-state index contributed by atoms with van der Waals surface area (Å²) < 4.78 is 5.15. The highest BCUT2D eigenvalue weighted by Gasteiger charge is 2.58. The number of hydrogen-bond donors (Lipinski definition) is 1. The van der Waals surface area contributed by atoms with Crippen molar-refractivity contribution in [3.05, 3.63) is 0 Å². The lowest BCUT2D eigenvalue weighted by molar-refractivity contribution is -0.159. The van der Waals surface area contributed by atoms with Gasteiger partial charge in [0.1, 0.15) is 11.6 Å². The molecule has 118 valence electrons. The summed E-state index contributed by atoms with van der Waals surface area (Å²) in [5.41, 5.74) is -0.691. The Bertz CT molecular complexity index is 445. The van der Waals surface area contributed by atoms with Gasteiger partial charge in [0, 0.05) is 19.8 Å². The van der Waals surface area contributed by atoms with Crippen LogP contribution in [0.25, 0.3) is 0 Å². The summed E-state index contributed by atoms with van der Waals surface area (Å²) in [5.74, 6) is 0.829. The van der Waals surface area contributed by atoms with Gasteiger partial charge in [0.2, 0.25) is 11.8 Å².